The number of benzene rings is 1. The number of carbonyl (C=O) groups excluding carboxylic acids is 1. The maximum Gasteiger partial charge on any atom is 0.277 e. The van der Waals surface area contributed by atoms with Crippen LogP contribution in [0, 0.1) is 5.82 Å². The molecule has 0 aliphatic rings. The van der Waals surface area contributed by atoms with E-state index in [4.69, 9.17) is 9.47 Å². The van der Waals surface area contributed by atoms with Gasteiger partial charge >= 0.3 is 0 Å². The van der Waals surface area contributed by atoms with Gasteiger partial charge in [-0.25, -0.2) is 4.39 Å². The third-order valence-electron chi connectivity index (χ3n) is 3.26. The second kappa shape index (κ2) is 8.25. The Bertz CT molecular complexity index is 719. The Hall–Kier alpha value is -1.93. The first-order valence-corrected chi connectivity index (χ1v) is 8.19. The summed E-state index contributed by atoms with van der Waals surface area (Å²) in [6, 6.07) is 4.22. The summed E-state index contributed by atoms with van der Waals surface area (Å²) in [6.45, 7) is 4.58. The summed E-state index contributed by atoms with van der Waals surface area (Å²) in [6.07, 6.45) is 0. The molecule has 2 rings (SSSR count). The number of anilines is 1. The van der Waals surface area contributed by atoms with Crippen LogP contribution in [0.3, 0.4) is 0 Å². The monoisotopic (exact) mass is 399 g/mol. The highest BCUT2D eigenvalue weighted by Crippen LogP contribution is 2.27. The molecular formula is C16H19BrFN3O3. The third kappa shape index (κ3) is 4.33. The van der Waals surface area contributed by atoms with E-state index in [1.165, 1.54) is 19.2 Å². The van der Waals surface area contributed by atoms with Gasteiger partial charge in [-0.05, 0) is 34.0 Å². The Kier molecular flexibility index (Phi) is 6.33. The maximum atomic E-state index is 14.0. The standard InChI is InChI=1S/C16H19BrFN3O3/c1-9(2)14-13(17)15(21-20-14)16(22)19-10-4-5-12(11(18)8-10)24-7-6-23-3/h4-5,8-9H,6-7H2,1-3H3,(H,19,22)(H,20,21). The van der Waals surface area contributed by atoms with E-state index in [1.807, 2.05) is 13.8 Å². The minimum absolute atomic E-state index is 0.105. The van der Waals surface area contributed by atoms with Crippen molar-refractivity contribution >= 4 is 27.5 Å². The molecule has 0 radical (unpaired) electrons. The zero-order valence-electron chi connectivity index (χ0n) is 13.7. The van der Waals surface area contributed by atoms with E-state index in [-0.39, 0.29) is 24.0 Å². The Morgan fingerprint density at radius 1 is 1.42 bits per heavy atom. The minimum atomic E-state index is -0.562. The van der Waals surface area contributed by atoms with Crippen molar-refractivity contribution in [3.8, 4) is 5.75 Å². The molecule has 1 aromatic heterocycles. The molecule has 2 aromatic rings. The fraction of sp³-hybridized carbons (Fsp3) is 0.375. The van der Waals surface area contributed by atoms with Gasteiger partial charge in [0.05, 0.1) is 16.8 Å². The summed E-state index contributed by atoms with van der Waals surface area (Å²) in [5, 5.41) is 9.45. The van der Waals surface area contributed by atoms with Crippen LogP contribution < -0.4 is 10.1 Å². The van der Waals surface area contributed by atoms with Crippen molar-refractivity contribution in [2.45, 2.75) is 19.8 Å². The van der Waals surface area contributed by atoms with Crippen LogP contribution in [-0.4, -0.2) is 36.4 Å². The number of halogens is 2. The summed E-state index contributed by atoms with van der Waals surface area (Å²) in [4.78, 5) is 12.3. The highest BCUT2D eigenvalue weighted by Gasteiger charge is 2.19. The van der Waals surface area contributed by atoms with E-state index >= 15 is 0 Å². The van der Waals surface area contributed by atoms with Gasteiger partial charge in [0, 0.05) is 18.9 Å². The van der Waals surface area contributed by atoms with Crippen LogP contribution in [0.2, 0.25) is 0 Å². The van der Waals surface area contributed by atoms with Gasteiger partial charge in [-0.3, -0.25) is 9.89 Å². The Labute approximate surface area is 147 Å². The molecule has 2 N–H and O–H groups in total. The molecule has 1 aromatic carbocycles. The van der Waals surface area contributed by atoms with E-state index in [2.05, 4.69) is 31.4 Å². The van der Waals surface area contributed by atoms with Crippen molar-refractivity contribution in [1.29, 1.82) is 0 Å². The van der Waals surface area contributed by atoms with Crippen molar-refractivity contribution in [1.82, 2.24) is 10.2 Å². The first-order chi connectivity index (χ1) is 11.4. The number of nitrogens with zero attached hydrogens (tertiary/aromatic N) is 1. The molecule has 1 heterocycles. The predicted molar refractivity (Wildman–Crippen MR) is 92.1 cm³/mol. The Morgan fingerprint density at radius 3 is 2.75 bits per heavy atom. The van der Waals surface area contributed by atoms with Crippen LogP contribution in [0.1, 0.15) is 35.9 Å². The van der Waals surface area contributed by atoms with Crippen molar-refractivity contribution in [2.24, 2.45) is 0 Å². The van der Waals surface area contributed by atoms with Gasteiger partial charge in [0.15, 0.2) is 17.3 Å². The van der Waals surface area contributed by atoms with Gasteiger partial charge in [-0.2, -0.15) is 5.10 Å². The molecule has 0 aliphatic carbocycles. The fourth-order valence-electron chi connectivity index (χ4n) is 2.00. The minimum Gasteiger partial charge on any atom is -0.488 e. The number of amides is 1. The first kappa shape index (κ1) is 18.4. The average molecular weight is 400 g/mol. The quantitative estimate of drug-likeness (QED) is 0.695. The van der Waals surface area contributed by atoms with E-state index in [0.29, 0.717) is 16.8 Å². The number of hydrogen-bond acceptors (Lipinski definition) is 4. The number of carbonyl (C=O) groups is 1. The van der Waals surface area contributed by atoms with E-state index in [1.54, 1.807) is 6.07 Å². The predicted octanol–water partition coefficient (Wildman–Crippen LogP) is 3.71. The van der Waals surface area contributed by atoms with Gasteiger partial charge in [-0.1, -0.05) is 13.8 Å². The van der Waals surface area contributed by atoms with E-state index in [0.717, 1.165) is 5.69 Å². The molecule has 8 heteroatoms. The second-order valence-electron chi connectivity index (χ2n) is 5.40. The van der Waals surface area contributed by atoms with Gasteiger partial charge < -0.3 is 14.8 Å². The van der Waals surface area contributed by atoms with Crippen molar-refractivity contribution in [3.05, 3.63) is 39.9 Å². The number of nitrogens with one attached hydrogen (secondary N) is 2. The zero-order chi connectivity index (χ0) is 17.7. The van der Waals surface area contributed by atoms with Crippen LogP contribution in [0.15, 0.2) is 22.7 Å². The molecule has 130 valence electrons. The molecule has 0 saturated heterocycles. The molecule has 0 aliphatic heterocycles. The number of hydrogen-bond donors (Lipinski definition) is 2. The smallest absolute Gasteiger partial charge is 0.277 e. The largest absolute Gasteiger partial charge is 0.488 e. The molecule has 0 atom stereocenters. The molecule has 6 nitrogen and oxygen atoms in total. The van der Waals surface area contributed by atoms with Gasteiger partial charge in [0.1, 0.15) is 6.61 Å². The summed E-state index contributed by atoms with van der Waals surface area (Å²) in [5.41, 5.74) is 1.37. The van der Waals surface area contributed by atoms with E-state index in [9.17, 15) is 9.18 Å². The number of methoxy groups -OCH3 is 1. The molecule has 0 unspecified atom stereocenters. The molecular weight excluding hydrogens is 381 g/mol. The average Bonchev–Trinajstić information content (AvgIpc) is 2.91. The summed E-state index contributed by atoms with van der Waals surface area (Å²) in [5.74, 6) is -0.701. The summed E-state index contributed by atoms with van der Waals surface area (Å²) < 4.78 is 24.7. The number of H-pyrrole nitrogens is 1. The Balaban J connectivity index is 2.08. The summed E-state index contributed by atoms with van der Waals surface area (Å²) >= 11 is 3.37. The lowest BCUT2D eigenvalue weighted by molar-refractivity contribution is 0.102. The SMILES string of the molecule is COCCOc1ccc(NC(=O)c2n[nH]c(C(C)C)c2Br)cc1F. The van der Waals surface area contributed by atoms with Gasteiger partial charge in [0.25, 0.3) is 5.91 Å². The van der Waals surface area contributed by atoms with E-state index < -0.39 is 11.7 Å². The lowest BCUT2D eigenvalue weighted by Gasteiger charge is -2.09. The number of ether oxygens (including phenoxy) is 2. The number of aromatic amines is 1. The molecule has 1 amide bonds. The second-order valence-corrected chi connectivity index (χ2v) is 6.19. The highest BCUT2D eigenvalue weighted by molar-refractivity contribution is 9.10. The third-order valence-corrected chi connectivity index (χ3v) is 4.06. The van der Waals surface area contributed by atoms with Crippen molar-refractivity contribution in [3.63, 3.8) is 0 Å². The summed E-state index contributed by atoms with van der Waals surface area (Å²) in [7, 11) is 1.54. The van der Waals surface area contributed by atoms with Gasteiger partial charge in [0.2, 0.25) is 0 Å². The molecule has 0 saturated carbocycles. The van der Waals surface area contributed by atoms with Crippen LogP contribution >= 0.6 is 15.9 Å². The lowest BCUT2D eigenvalue weighted by atomic mass is 10.1. The van der Waals surface area contributed by atoms with Crippen molar-refractivity contribution < 1.29 is 18.7 Å². The maximum absolute atomic E-state index is 14.0. The number of rotatable bonds is 7. The number of aromatic nitrogens is 2. The zero-order valence-corrected chi connectivity index (χ0v) is 15.2. The normalized spacial score (nSPS) is 10.9. The van der Waals surface area contributed by atoms with Crippen LogP contribution in [-0.2, 0) is 4.74 Å². The van der Waals surface area contributed by atoms with Crippen molar-refractivity contribution in [2.75, 3.05) is 25.6 Å². The van der Waals surface area contributed by atoms with Crippen LogP contribution in [0.25, 0.3) is 0 Å². The topological polar surface area (TPSA) is 76.2 Å². The molecule has 0 fully saturated rings. The first-order valence-electron chi connectivity index (χ1n) is 7.40. The molecule has 0 bridgehead atoms. The van der Waals surface area contributed by atoms with Crippen LogP contribution in [0.4, 0.5) is 10.1 Å². The lowest BCUT2D eigenvalue weighted by Crippen LogP contribution is -2.13. The Morgan fingerprint density at radius 2 is 2.17 bits per heavy atom. The highest BCUT2D eigenvalue weighted by atomic mass is 79.9. The van der Waals surface area contributed by atoms with Crippen LogP contribution in [0.5, 0.6) is 5.75 Å². The molecule has 0 spiro atoms. The molecule has 24 heavy (non-hydrogen) atoms. The van der Waals surface area contributed by atoms with Gasteiger partial charge in [-0.15, -0.1) is 0 Å². The fourth-order valence-corrected chi connectivity index (χ4v) is 2.81.